The average molecular weight is 329 g/mol. The smallest absolute Gasteiger partial charge is 0.272 e. The number of hydrogen-bond donors (Lipinski definition) is 0. The molecule has 0 N–H and O–H groups in total. The average Bonchev–Trinajstić information content (AvgIpc) is 3.19. The normalized spacial score (nSPS) is 17.2. The number of methoxy groups -OCH3 is 2. The minimum Gasteiger partial charge on any atom is -0.497 e. The lowest BCUT2D eigenvalue weighted by molar-refractivity contribution is 0.0722. The first-order valence-electron chi connectivity index (χ1n) is 8.08. The third-order valence-electron chi connectivity index (χ3n) is 4.53. The Bertz CT molecular complexity index is 754. The summed E-state index contributed by atoms with van der Waals surface area (Å²) in [5, 5.41) is 4.29. The van der Waals surface area contributed by atoms with Crippen LogP contribution in [0.3, 0.4) is 0 Å². The molecule has 128 valence electrons. The first-order valence-corrected chi connectivity index (χ1v) is 8.08. The van der Waals surface area contributed by atoms with Crippen molar-refractivity contribution in [3.63, 3.8) is 0 Å². The fourth-order valence-corrected chi connectivity index (χ4v) is 3.39. The number of nitrogens with zero attached hydrogens (tertiary/aromatic N) is 3. The van der Waals surface area contributed by atoms with Crippen molar-refractivity contribution < 1.29 is 14.3 Å². The Morgan fingerprint density at radius 3 is 2.67 bits per heavy atom. The fraction of sp³-hybridized carbons (Fsp3) is 0.444. The fourth-order valence-electron chi connectivity index (χ4n) is 3.39. The molecular weight excluding hydrogens is 306 g/mol. The summed E-state index contributed by atoms with van der Waals surface area (Å²) in [5.41, 5.74) is 2.44. The summed E-state index contributed by atoms with van der Waals surface area (Å²) >= 11 is 0. The maximum atomic E-state index is 13.0. The SMILES string of the molecule is COc1ccc(OC)c(C2CCCN2C(=O)c2cc(C)nn2C)c1. The van der Waals surface area contributed by atoms with Gasteiger partial charge in [0.1, 0.15) is 17.2 Å². The van der Waals surface area contributed by atoms with Gasteiger partial charge in [0.2, 0.25) is 0 Å². The lowest BCUT2D eigenvalue weighted by atomic mass is 10.0. The van der Waals surface area contributed by atoms with Gasteiger partial charge in [0.15, 0.2) is 0 Å². The van der Waals surface area contributed by atoms with Crippen molar-refractivity contribution in [2.24, 2.45) is 7.05 Å². The van der Waals surface area contributed by atoms with Crippen LogP contribution in [-0.4, -0.2) is 41.4 Å². The molecule has 1 aromatic carbocycles. The minimum absolute atomic E-state index is 0.00507. The lowest BCUT2D eigenvalue weighted by Gasteiger charge is -2.26. The van der Waals surface area contributed by atoms with Crippen LogP contribution in [0.15, 0.2) is 24.3 Å². The van der Waals surface area contributed by atoms with Crippen LogP contribution in [-0.2, 0) is 7.05 Å². The summed E-state index contributed by atoms with van der Waals surface area (Å²) in [4.78, 5) is 14.9. The Kier molecular flexibility index (Phi) is 4.46. The Morgan fingerprint density at radius 1 is 1.25 bits per heavy atom. The molecule has 6 heteroatoms. The molecule has 1 atom stereocenters. The molecule has 1 saturated heterocycles. The number of carbonyl (C=O) groups excluding carboxylic acids is 1. The highest BCUT2D eigenvalue weighted by Crippen LogP contribution is 2.39. The van der Waals surface area contributed by atoms with E-state index in [9.17, 15) is 4.79 Å². The van der Waals surface area contributed by atoms with Gasteiger partial charge in [-0.3, -0.25) is 9.48 Å². The third kappa shape index (κ3) is 2.84. The monoisotopic (exact) mass is 329 g/mol. The molecule has 0 bridgehead atoms. The molecule has 24 heavy (non-hydrogen) atoms. The van der Waals surface area contributed by atoms with Gasteiger partial charge in [-0.1, -0.05) is 0 Å². The van der Waals surface area contributed by atoms with Crippen molar-refractivity contribution in [2.45, 2.75) is 25.8 Å². The van der Waals surface area contributed by atoms with Gasteiger partial charge in [-0.2, -0.15) is 5.10 Å². The molecule has 1 aliphatic rings. The number of amides is 1. The third-order valence-corrected chi connectivity index (χ3v) is 4.53. The number of aromatic nitrogens is 2. The molecule has 0 saturated carbocycles. The van der Waals surface area contributed by atoms with E-state index in [2.05, 4.69) is 5.10 Å². The summed E-state index contributed by atoms with van der Waals surface area (Å²) in [6.45, 7) is 2.62. The Balaban J connectivity index is 1.96. The lowest BCUT2D eigenvalue weighted by Crippen LogP contribution is -2.32. The Hall–Kier alpha value is -2.50. The van der Waals surface area contributed by atoms with Gasteiger partial charge in [0.25, 0.3) is 5.91 Å². The molecular formula is C18H23N3O3. The number of aryl methyl sites for hydroxylation is 2. The molecule has 2 aromatic rings. The van der Waals surface area contributed by atoms with Crippen molar-refractivity contribution in [1.82, 2.24) is 14.7 Å². The van der Waals surface area contributed by atoms with E-state index in [4.69, 9.17) is 9.47 Å². The molecule has 1 aliphatic heterocycles. The number of likely N-dealkylation sites (tertiary alicyclic amines) is 1. The maximum Gasteiger partial charge on any atom is 0.272 e. The van der Waals surface area contributed by atoms with E-state index in [0.717, 1.165) is 42.1 Å². The molecule has 1 amide bonds. The van der Waals surface area contributed by atoms with Crippen LogP contribution in [0.4, 0.5) is 0 Å². The molecule has 0 radical (unpaired) electrons. The predicted molar refractivity (Wildman–Crippen MR) is 90.5 cm³/mol. The van der Waals surface area contributed by atoms with Gasteiger partial charge in [0.05, 0.1) is 26.0 Å². The predicted octanol–water partition coefficient (Wildman–Crippen LogP) is 2.72. The van der Waals surface area contributed by atoms with Crippen LogP contribution in [0.1, 0.15) is 40.6 Å². The van der Waals surface area contributed by atoms with Crippen molar-refractivity contribution in [1.29, 1.82) is 0 Å². The van der Waals surface area contributed by atoms with E-state index in [0.29, 0.717) is 5.69 Å². The molecule has 1 fully saturated rings. The summed E-state index contributed by atoms with van der Waals surface area (Å²) in [6.07, 6.45) is 1.87. The minimum atomic E-state index is -0.0160. The van der Waals surface area contributed by atoms with Crippen LogP contribution in [0, 0.1) is 6.92 Å². The van der Waals surface area contributed by atoms with Gasteiger partial charge in [0, 0.05) is 19.2 Å². The number of rotatable bonds is 4. The van der Waals surface area contributed by atoms with Crippen LogP contribution < -0.4 is 9.47 Å². The zero-order valence-corrected chi connectivity index (χ0v) is 14.6. The second kappa shape index (κ2) is 6.55. The maximum absolute atomic E-state index is 13.0. The zero-order valence-electron chi connectivity index (χ0n) is 14.6. The first kappa shape index (κ1) is 16.4. The van der Waals surface area contributed by atoms with Crippen molar-refractivity contribution in [3.8, 4) is 11.5 Å². The molecule has 3 rings (SSSR count). The molecule has 2 heterocycles. The van der Waals surface area contributed by atoms with Gasteiger partial charge in [-0.05, 0) is 44.0 Å². The van der Waals surface area contributed by atoms with Crippen molar-refractivity contribution >= 4 is 5.91 Å². The molecule has 1 aromatic heterocycles. The Labute approximate surface area is 142 Å². The molecule has 0 aliphatic carbocycles. The second-order valence-electron chi connectivity index (χ2n) is 6.06. The van der Waals surface area contributed by atoms with Crippen LogP contribution in [0.5, 0.6) is 11.5 Å². The van der Waals surface area contributed by atoms with E-state index in [1.165, 1.54) is 0 Å². The van der Waals surface area contributed by atoms with E-state index in [1.807, 2.05) is 36.1 Å². The van der Waals surface area contributed by atoms with Gasteiger partial charge < -0.3 is 14.4 Å². The van der Waals surface area contributed by atoms with Gasteiger partial charge in [-0.15, -0.1) is 0 Å². The number of carbonyl (C=O) groups is 1. The van der Waals surface area contributed by atoms with Crippen molar-refractivity contribution in [3.05, 3.63) is 41.2 Å². The summed E-state index contributed by atoms with van der Waals surface area (Å²) in [5.74, 6) is 1.55. The van der Waals surface area contributed by atoms with Crippen LogP contribution >= 0.6 is 0 Å². The standard InChI is InChI=1S/C18H23N3O3/c1-12-10-16(20(2)19-12)18(22)21-9-5-6-15(21)14-11-13(23-3)7-8-17(14)24-4/h7-8,10-11,15H,5-6,9H2,1-4H3. The topological polar surface area (TPSA) is 56.6 Å². The van der Waals surface area contributed by atoms with Crippen LogP contribution in [0.25, 0.3) is 0 Å². The first-order chi connectivity index (χ1) is 11.5. The van der Waals surface area contributed by atoms with E-state index in [1.54, 1.807) is 25.9 Å². The van der Waals surface area contributed by atoms with E-state index in [-0.39, 0.29) is 11.9 Å². The largest absolute Gasteiger partial charge is 0.497 e. The van der Waals surface area contributed by atoms with Crippen LogP contribution in [0.2, 0.25) is 0 Å². The quantitative estimate of drug-likeness (QED) is 0.865. The summed E-state index contributed by atoms with van der Waals surface area (Å²) in [6, 6.07) is 7.54. The number of hydrogen-bond acceptors (Lipinski definition) is 4. The highest BCUT2D eigenvalue weighted by Gasteiger charge is 2.33. The molecule has 1 unspecified atom stereocenters. The summed E-state index contributed by atoms with van der Waals surface area (Å²) in [7, 11) is 5.09. The number of ether oxygens (including phenoxy) is 2. The highest BCUT2D eigenvalue weighted by atomic mass is 16.5. The second-order valence-corrected chi connectivity index (χ2v) is 6.06. The van der Waals surface area contributed by atoms with E-state index >= 15 is 0 Å². The molecule has 6 nitrogen and oxygen atoms in total. The Morgan fingerprint density at radius 2 is 2.04 bits per heavy atom. The molecule has 0 spiro atoms. The van der Waals surface area contributed by atoms with Gasteiger partial charge >= 0.3 is 0 Å². The zero-order chi connectivity index (χ0) is 17.3. The number of benzene rings is 1. The summed E-state index contributed by atoms with van der Waals surface area (Å²) < 4.78 is 12.5. The van der Waals surface area contributed by atoms with E-state index < -0.39 is 0 Å². The highest BCUT2D eigenvalue weighted by molar-refractivity contribution is 5.93. The van der Waals surface area contributed by atoms with Crippen molar-refractivity contribution in [2.75, 3.05) is 20.8 Å². The van der Waals surface area contributed by atoms with Gasteiger partial charge in [-0.25, -0.2) is 0 Å².